The number of hydrazine groups is 1. The molecule has 0 spiro atoms. The SMILES string of the molecule is COc1ccc(C(=O)NC(=S)NNC(=O)COc2ccc(C(C)C)cc2Br)cc1Br. The maximum atomic E-state index is 12.2. The molecule has 0 aliphatic heterocycles. The zero-order valence-electron chi connectivity index (χ0n) is 16.5. The highest BCUT2D eigenvalue weighted by Crippen LogP contribution is 2.29. The van der Waals surface area contributed by atoms with Crippen molar-refractivity contribution < 1.29 is 19.1 Å². The van der Waals surface area contributed by atoms with Crippen molar-refractivity contribution in [3.8, 4) is 11.5 Å². The predicted molar refractivity (Wildman–Crippen MR) is 126 cm³/mol. The molecule has 2 amide bonds. The number of hydrogen-bond acceptors (Lipinski definition) is 5. The van der Waals surface area contributed by atoms with Gasteiger partial charge in [0.2, 0.25) is 0 Å². The van der Waals surface area contributed by atoms with Gasteiger partial charge in [0.1, 0.15) is 11.5 Å². The van der Waals surface area contributed by atoms with Gasteiger partial charge in [0, 0.05) is 5.56 Å². The number of hydrogen-bond donors (Lipinski definition) is 3. The topological polar surface area (TPSA) is 88.7 Å². The van der Waals surface area contributed by atoms with E-state index in [2.05, 4.69) is 61.9 Å². The number of thiocarbonyl (C=S) groups is 1. The van der Waals surface area contributed by atoms with Gasteiger partial charge in [-0.25, -0.2) is 0 Å². The lowest BCUT2D eigenvalue weighted by Gasteiger charge is -2.13. The van der Waals surface area contributed by atoms with Crippen LogP contribution in [-0.4, -0.2) is 30.6 Å². The van der Waals surface area contributed by atoms with Crippen molar-refractivity contribution in [2.24, 2.45) is 0 Å². The molecule has 0 heterocycles. The van der Waals surface area contributed by atoms with Crippen LogP contribution in [0.5, 0.6) is 11.5 Å². The van der Waals surface area contributed by atoms with Crippen molar-refractivity contribution in [2.75, 3.05) is 13.7 Å². The molecule has 3 N–H and O–H groups in total. The van der Waals surface area contributed by atoms with Crippen LogP contribution in [0.1, 0.15) is 35.7 Å². The Balaban J connectivity index is 1.79. The minimum absolute atomic E-state index is 0.0530. The second-order valence-corrected chi connectivity index (χ2v) is 8.56. The van der Waals surface area contributed by atoms with E-state index < -0.39 is 11.8 Å². The Morgan fingerprint density at radius 2 is 1.70 bits per heavy atom. The molecule has 0 atom stereocenters. The summed E-state index contributed by atoms with van der Waals surface area (Å²) in [4.78, 5) is 24.2. The van der Waals surface area contributed by atoms with Crippen LogP contribution >= 0.6 is 44.1 Å². The molecule has 30 heavy (non-hydrogen) atoms. The molecule has 0 bridgehead atoms. The van der Waals surface area contributed by atoms with E-state index in [-0.39, 0.29) is 11.7 Å². The third-order valence-electron chi connectivity index (χ3n) is 3.94. The summed E-state index contributed by atoms with van der Waals surface area (Å²) >= 11 is 11.8. The summed E-state index contributed by atoms with van der Waals surface area (Å²) in [7, 11) is 1.53. The van der Waals surface area contributed by atoms with Gasteiger partial charge >= 0.3 is 0 Å². The lowest BCUT2D eigenvalue weighted by molar-refractivity contribution is -0.123. The van der Waals surface area contributed by atoms with E-state index in [4.69, 9.17) is 21.7 Å². The predicted octanol–water partition coefficient (Wildman–Crippen LogP) is 4.06. The zero-order chi connectivity index (χ0) is 22.3. The van der Waals surface area contributed by atoms with Gasteiger partial charge in [-0.1, -0.05) is 19.9 Å². The number of amides is 2. The number of nitrogens with one attached hydrogen (secondary N) is 3. The number of rotatable bonds is 6. The number of carbonyl (C=O) groups excluding carboxylic acids is 2. The quantitative estimate of drug-likeness (QED) is 0.366. The molecule has 0 saturated carbocycles. The van der Waals surface area contributed by atoms with Gasteiger partial charge in [0.05, 0.1) is 16.1 Å². The smallest absolute Gasteiger partial charge is 0.276 e. The molecule has 2 aromatic carbocycles. The number of methoxy groups -OCH3 is 1. The first-order valence-corrected chi connectivity index (χ1v) is 10.9. The van der Waals surface area contributed by atoms with Gasteiger partial charge < -0.3 is 9.47 Å². The maximum Gasteiger partial charge on any atom is 0.276 e. The van der Waals surface area contributed by atoms with Crippen LogP contribution in [0.3, 0.4) is 0 Å². The second kappa shape index (κ2) is 11.3. The van der Waals surface area contributed by atoms with Crippen molar-refractivity contribution >= 4 is 61.0 Å². The Labute approximate surface area is 197 Å². The third-order valence-corrected chi connectivity index (χ3v) is 5.38. The molecule has 2 aromatic rings. The lowest BCUT2D eigenvalue weighted by atomic mass is 10.0. The molecular formula is C20H21Br2N3O4S. The highest BCUT2D eigenvalue weighted by Gasteiger charge is 2.12. The Kier molecular flexibility index (Phi) is 9.07. The standard InChI is InChI=1S/C20H21Br2N3O4S/c1-11(2)12-4-7-17(15(22)8-12)29-10-18(26)24-25-20(30)23-19(27)13-5-6-16(28-3)14(21)9-13/h4-9,11H,10H2,1-3H3,(H,24,26)(H2,23,25,27,30). The van der Waals surface area contributed by atoms with Crippen LogP contribution in [0.25, 0.3) is 0 Å². The number of carbonyl (C=O) groups is 2. The van der Waals surface area contributed by atoms with Crippen LogP contribution < -0.4 is 25.6 Å². The van der Waals surface area contributed by atoms with Gasteiger partial charge in [-0.15, -0.1) is 0 Å². The van der Waals surface area contributed by atoms with E-state index in [0.717, 1.165) is 10.0 Å². The molecule has 2 rings (SSSR count). The van der Waals surface area contributed by atoms with Crippen LogP contribution in [-0.2, 0) is 4.79 Å². The molecule has 0 aliphatic rings. The normalized spacial score (nSPS) is 10.3. The fourth-order valence-electron chi connectivity index (χ4n) is 2.31. The highest BCUT2D eigenvalue weighted by molar-refractivity contribution is 9.10. The highest BCUT2D eigenvalue weighted by atomic mass is 79.9. The monoisotopic (exact) mass is 557 g/mol. The Bertz CT molecular complexity index is 954. The summed E-state index contributed by atoms with van der Waals surface area (Å²) in [5, 5.41) is 2.42. The average molecular weight is 559 g/mol. The Hall–Kier alpha value is -2.17. The van der Waals surface area contributed by atoms with Gasteiger partial charge in [0.25, 0.3) is 11.8 Å². The molecule has 7 nitrogen and oxygen atoms in total. The summed E-state index contributed by atoms with van der Waals surface area (Å²) in [5.41, 5.74) is 6.37. The van der Waals surface area contributed by atoms with Crippen molar-refractivity contribution in [1.82, 2.24) is 16.2 Å². The maximum absolute atomic E-state index is 12.2. The average Bonchev–Trinajstić information content (AvgIpc) is 2.71. The molecule has 0 aromatic heterocycles. The van der Waals surface area contributed by atoms with E-state index in [0.29, 0.717) is 27.5 Å². The van der Waals surface area contributed by atoms with Crippen molar-refractivity contribution in [1.29, 1.82) is 0 Å². The largest absolute Gasteiger partial charge is 0.496 e. The molecule has 0 fully saturated rings. The summed E-state index contributed by atoms with van der Waals surface area (Å²) < 4.78 is 12.0. The number of ether oxygens (including phenoxy) is 2. The van der Waals surface area contributed by atoms with E-state index in [1.807, 2.05) is 12.1 Å². The fraction of sp³-hybridized carbons (Fsp3) is 0.250. The second-order valence-electron chi connectivity index (χ2n) is 6.44. The van der Waals surface area contributed by atoms with E-state index in [1.54, 1.807) is 24.3 Å². The minimum atomic E-state index is -0.460. The van der Waals surface area contributed by atoms with Gasteiger partial charge in [-0.05, 0) is 85.9 Å². The van der Waals surface area contributed by atoms with Crippen LogP contribution in [0.4, 0.5) is 0 Å². The summed E-state index contributed by atoms with van der Waals surface area (Å²) in [6.45, 7) is 3.96. The lowest BCUT2D eigenvalue weighted by Crippen LogP contribution is -2.49. The first kappa shape index (κ1) is 24.1. The Morgan fingerprint density at radius 1 is 1.03 bits per heavy atom. The number of benzene rings is 2. The van der Waals surface area contributed by atoms with Gasteiger partial charge in [0.15, 0.2) is 11.7 Å². The molecule has 0 radical (unpaired) electrons. The van der Waals surface area contributed by atoms with Gasteiger partial charge in [-0.2, -0.15) is 0 Å². The van der Waals surface area contributed by atoms with Crippen LogP contribution in [0, 0.1) is 0 Å². The van der Waals surface area contributed by atoms with Crippen LogP contribution in [0.15, 0.2) is 45.3 Å². The van der Waals surface area contributed by atoms with E-state index in [1.165, 1.54) is 7.11 Å². The number of halogens is 2. The zero-order valence-corrected chi connectivity index (χ0v) is 20.5. The van der Waals surface area contributed by atoms with Crippen molar-refractivity contribution in [3.63, 3.8) is 0 Å². The molecule has 160 valence electrons. The van der Waals surface area contributed by atoms with Crippen LogP contribution in [0.2, 0.25) is 0 Å². The van der Waals surface area contributed by atoms with E-state index >= 15 is 0 Å². The molecule has 0 aliphatic carbocycles. The molecule has 10 heteroatoms. The summed E-state index contributed by atoms with van der Waals surface area (Å²) in [5.74, 6) is 0.646. The first-order chi connectivity index (χ1) is 14.2. The molecular weight excluding hydrogens is 538 g/mol. The van der Waals surface area contributed by atoms with Crippen molar-refractivity contribution in [3.05, 3.63) is 56.5 Å². The van der Waals surface area contributed by atoms with Gasteiger partial charge in [-0.3, -0.25) is 25.8 Å². The van der Waals surface area contributed by atoms with Crippen molar-refractivity contribution in [2.45, 2.75) is 19.8 Å². The third kappa shape index (κ3) is 6.96. The fourth-order valence-corrected chi connectivity index (χ4v) is 3.51. The first-order valence-electron chi connectivity index (χ1n) is 8.87. The Morgan fingerprint density at radius 3 is 2.30 bits per heavy atom. The molecule has 0 saturated heterocycles. The summed E-state index contributed by atoms with van der Waals surface area (Å²) in [6.07, 6.45) is 0. The summed E-state index contributed by atoms with van der Waals surface area (Å²) in [6, 6.07) is 10.6. The molecule has 0 unspecified atom stereocenters. The van der Waals surface area contributed by atoms with E-state index in [9.17, 15) is 9.59 Å². The minimum Gasteiger partial charge on any atom is -0.496 e.